The number of hydrogen-bond donors (Lipinski definition) is 3. The highest BCUT2D eigenvalue weighted by Gasteiger charge is 2.34. The van der Waals surface area contributed by atoms with E-state index in [0.29, 0.717) is 0 Å². The molecule has 0 saturated carbocycles. The van der Waals surface area contributed by atoms with Gasteiger partial charge in [0.15, 0.2) is 0 Å². The lowest BCUT2D eigenvalue weighted by atomic mass is 9.86. The van der Waals surface area contributed by atoms with Crippen molar-refractivity contribution in [1.29, 1.82) is 0 Å². The highest BCUT2D eigenvalue weighted by molar-refractivity contribution is 5.91. The number of likely N-dealkylation sites (N-methyl/N-ethyl adjacent to an activating group) is 1. The summed E-state index contributed by atoms with van der Waals surface area (Å²) in [5.41, 5.74) is 0.419. The van der Waals surface area contributed by atoms with E-state index in [2.05, 4.69) is 10.6 Å². The van der Waals surface area contributed by atoms with Gasteiger partial charge in [-0.2, -0.15) is 0 Å². The number of aliphatic carboxylic acids is 1. The number of carbonyl (C=O) groups is 3. The Labute approximate surface area is 136 Å². The van der Waals surface area contributed by atoms with Crippen LogP contribution in [0.3, 0.4) is 0 Å². The molecule has 0 aliphatic rings. The molecule has 0 saturated heterocycles. The van der Waals surface area contributed by atoms with Crippen LogP contribution < -0.4 is 10.6 Å². The largest absolute Gasteiger partial charge is 0.481 e. The summed E-state index contributed by atoms with van der Waals surface area (Å²) in [6.45, 7) is 7.35. The fraction of sp³-hybridized carbons (Fsp3) is 0.562. The molecule has 0 fully saturated rings. The molecular weight excluding hydrogens is 298 g/mol. The minimum atomic E-state index is -1.08. The van der Waals surface area contributed by atoms with Crippen molar-refractivity contribution in [2.45, 2.75) is 46.2 Å². The molecule has 1 rings (SSSR count). The molecule has 0 spiro atoms. The van der Waals surface area contributed by atoms with Crippen LogP contribution in [0.1, 0.15) is 38.8 Å². The molecule has 7 heteroatoms. The van der Waals surface area contributed by atoms with Crippen LogP contribution in [0.5, 0.6) is 0 Å². The standard InChI is InChI=1S/C16H25N3O4/c1-10-6-7-19(9-10)11(8-12(20)21)14(22)18-13(15(23)17-5)16(2,3)4/h6-7,9,11,13H,8H2,1-5H3,(H,17,23)(H,18,22)(H,20,21)/t11?,13-/m1/s1. The first-order valence-corrected chi connectivity index (χ1v) is 7.44. The molecule has 2 atom stereocenters. The van der Waals surface area contributed by atoms with E-state index >= 15 is 0 Å². The number of hydrogen-bond acceptors (Lipinski definition) is 3. The summed E-state index contributed by atoms with van der Waals surface area (Å²) in [5.74, 6) is -1.89. The summed E-state index contributed by atoms with van der Waals surface area (Å²) < 4.78 is 1.56. The number of aryl methyl sites for hydroxylation is 1. The Balaban J connectivity index is 3.04. The van der Waals surface area contributed by atoms with Gasteiger partial charge >= 0.3 is 5.97 Å². The third kappa shape index (κ3) is 5.12. The lowest BCUT2D eigenvalue weighted by Gasteiger charge is -2.31. The second-order valence-corrected chi connectivity index (χ2v) is 6.67. The first-order valence-electron chi connectivity index (χ1n) is 7.44. The second kappa shape index (κ2) is 7.30. The Morgan fingerprint density at radius 3 is 2.26 bits per heavy atom. The number of aromatic nitrogens is 1. The van der Waals surface area contributed by atoms with Crippen LogP contribution in [0.25, 0.3) is 0 Å². The average molecular weight is 323 g/mol. The van der Waals surface area contributed by atoms with Gasteiger partial charge in [0, 0.05) is 19.4 Å². The van der Waals surface area contributed by atoms with Crippen LogP contribution in [-0.4, -0.2) is 40.5 Å². The van der Waals surface area contributed by atoms with Crippen molar-refractivity contribution in [2.75, 3.05) is 7.05 Å². The van der Waals surface area contributed by atoms with Crippen molar-refractivity contribution in [1.82, 2.24) is 15.2 Å². The number of nitrogens with zero attached hydrogens (tertiary/aromatic N) is 1. The van der Waals surface area contributed by atoms with E-state index in [9.17, 15) is 14.4 Å². The summed E-state index contributed by atoms with van der Waals surface area (Å²) in [4.78, 5) is 35.7. The Bertz CT molecular complexity index is 586. The summed E-state index contributed by atoms with van der Waals surface area (Å²) in [6.07, 6.45) is 3.01. The molecule has 1 heterocycles. The number of nitrogens with one attached hydrogen (secondary N) is 2. The van der Waals surface area contributed by atoms with Crippen molar-refractivity contribution in [3.05, 3.63) is 24.0 Å². The van der Waals surface area contributed by atoms with E-state index in [4.69, 9.17) is 5.11 Å². The molecule has 0 aliphatic heterocycles. The van der Waals surface area contributed by atoms with Gasteiger partial charge in [0.1, 0.15) is 12.1 Å². The molecule has 1 aromatic heterocycles. The van der Waals surface area contributed by atoms with E-state index in [1.165, 1.54) is 7.05 Å². The number of carboxylic acid groups (broad SMARTS) is 1. The van der Waals surface area contributed by atoms with E-state index < -0.39 is 29.4 Å². The van der Waals surface area contributed by atoms with Gasteiger partial charge < -0.3 is 20.3 Å². The lowest BCUT2D eigenvalue weighted by Crippen LogP contribution is -2.54. The maximum absolute atomic E-state index is 12.6. The van der Waals surface area contributed by atoms with E-state index in [-0.39, 0.29) is 12.3 Å². The SMILES string of the molecule is CNC(=O)[C@@H](NC(=O)C(CC(=O)O)n1ccc(C)c1)C(C)(C)C. The predicted molar refractivity (Wildman–Crippen MR) is 85.9 cm³/mol. The van der Waals surface area contributed by atoms with Gasteiger partial charge in [0.25, 0.3) is 0 Å². The Morgan fingerprint density at radius 1 is 1.26 bits per heavy atom. The maximum Gasteiger partial charge on any atom is 0.306 e. The Kier molecular flexibility index (Phi) is 5.95. The highest BCUT2D eigenvalue weighted by Crippen LogP contribution is 2.21. The van der Waals surface area contributed by atoms with Crippen molar-refractivity contribution in [3.8, 4) is 0 Å². The number of rotatable bonds is 6. The molecule has 1 unspecified atom stereocenters. The minimum Gasteiger partial charge on any atom is -0.481 e. The Morgan fingerprint density at radius 2 is 1.87 bits per heavy atom. The summed E-state index contributed by atoms with van der Waals surface area (Å²) in [5, 5.41) is 14.3. The number of carboxylic acids is 1. The van der Waals surface area contributed by atoms with E-state index in [1.54, 1.807) is 23.0 Å². The van der Waals surface area contributed by atoms with Gasteiger partial charge in [-0.25, -0.2) is 0 Å². The normalized spacial score (nSPS) is 14.0. The maximum atomic E-state index is 12.6. The van der Waals surface area contributed by atoms with Gasteiger partial charge in [0.2, 0.25) is 11.8 Å². The summed E-state index contributed by atoms with van der Waals surface area (Å²) in [7, 11) is 1.50. The van der Waals surface area contributed by atoms with Gasteiger partial charge in [-0.05, 0) is 24.0 Å². The third-order valence-corrected chi connectivity index (χ3v) is 3.55. The van der Waals surface area contributed by atoms with Crippen LogP contribution in [-0.2, 0) is 14.4 Å². The average Bonchev–Trinajstić information content (AvgIpc) is 2.85. The van der Waals surface area contributed by atoms with E-state index in [1.807, 2.05) is 27.7 Å². The van der Waals surface area contributed by atoms with Crippen molar-refractivity contribution in [3.63, 3.8) is 0 Å². The molecule has 0 aliphatic carbocycles. The smallest absolute Gasteiger partial charge is 0.306 e. The van der Waals surface area contributed by atoms with Crippen LogP contribution >= 0.6 is 0 Å². The molecule has 0 bridgehead atoms. The van der Waals surface area contributed by atoms with Crippen LogP contribution in [0.2, 0.25) is 0 Å². The zero-order valence-electron chi connectivity index (χ0n) is 14.2. The zero-order valence-corrected chi connectivity index (χ0v) is 14.2. The van der Waals surface area contributed by atoms with Gasteiger partial charge in [-0.1, -0.05) is 20.8 Å². The zero-order chi connectivity index (χ0) is 17.8. The topological polar surface area (TPSA) is 100 Å². The monoisotopic (exact) mass is 323 g/mol. The third-order valence-electron chi connectivity index (χ3n) is 3.55. The fourth-order valence-electron chi connectivity index (χ4n) is 2.28. The predicted octanol–water partition coefficient (Wildman–Crippen LogP) is 1.09. The highest BCUT2D eigenvalue weighted by atomic mass is 16.4. The first kappa shape index (κ1) is 18.7. The van der Waals surface area contributed by atoms with Crippen molar-refractivity contribution in [2.24, 2.45) is 5.41 Å². The molecule has 0 aromatic carbocycles. The summed E-state index contributed by atoms with van der Waals surface area (Å²) >= 11 is 0. The number of carbonyl (C=O) groups excluding carboxylic acids is 2. The Hall–Kier alpha value is -2.31. The number of amides is 2. The quantitative estimate of drug-likeness (QED) is 0.729. The molecule has 0 radical (unpaired) electrons. The van der Waals surface area contributed by atoms with Crippen molar-refractivity contribution >= 4 is 17.8 Å². The molecule has 128 valence electrons. The van der Waals surface area contributed by atoms with Crippen LogP contribution in [0.4, 0.5) is 0 Å². The van der Waals surface area contributed by atoms with Crippen LogP contribution in [0, 0.1) is 12.3 Å². The first-order chi connectivity index (χ1) is 10.6. The molecule has 23 heavy (non-hydrogen) atoms. The van der Waals surface area contributed by atoms with Gasteiger partial charge in [-0.3, -0.25) is 14.4 Å². The molecule has 7 nitrogen and oxygen atoms in total. The minimum absolute atomic E-state index is 0.316. The van der Waals surface area contributed by atoms with Crippen molar-refractivity contribution < 1.29 is 19.5 Å². The van der Waals surface area contributed by atoms with Gasteiger partial charge in [-0.15, -0.1) is 0 Å². The van der Waals surface area contributed by atoms with Gasteiger partial charge in [0.05, 0.1) is 6.42 Å². The molecule has 3 N–H and O–H groups in total. The van der Waals surface area contributed by atoms with E-state index in [0.717, 1.165) is 5.56 Å². The van der Waals surface area contributed by atoms with Crippen LogP contribution in [0.15, 0.2) is 18.5 Å². The second-order valence-electron chi connectivity index (χ2n) is 6.67. The summed E-state index contributed by atoms with van der Waals surface area (Å²) in [6, 6.07) is 0.130. The lowest BCUT2D eigenvalue weighted by molar-refractivity contribution is -0.141. The molecule has 1 aromatic rings. The molecule has 2 amide bonds. The fourth-order valence-corrected chi connectivity index (χ4v) is 2.28. The molecular formula is C16H25N3O4.